The third-order valence-electron chi connectivity index (χ3n) is 3.78. The molecule has 0 unspecified atom stereocenters. The van der Waals surface area contributed by atoms with E-state index in [2.05, 4.69) is 42.6 Å². The van der Waals surface area contributed by atoms with Crippen LogP contribution in [-0.4, -0.2) is 11.9 Å². The van der Waals surface area contributed by atoms with Gasteiger partial charge >= 0.3 is 0 Å². The molecule has 0 aliphatic carbocycles. The molecule has 2 aromatic carbocycles. The third kappa shape index (κ3) is 4.45. The van der Waals surface area contributed by atoms with Crippen molar-refractivity contribution >= 4 is 5.91 Å². The van der Waals surface area contributed by atoms with Gasteiger partial charge in [-0.05, 0) is 43.4 Å². The highest BCUT2D eigenvalue weighted by Crippen LogP contribution is 2.13. The minimum Gasteiger partial charge on any atom is -0.350 e. The summed E-state index contributed by atoms with van der Waals surface area (Å²) < 4.78 is 0. The Kier molecular flexibility index (Phi) is 5.56. The van der Waals surface area contributed by atoms with Crippen molar-refractivity contribution in [2.24, 2.45) is 0 Å². The minimum absolute atomic E-state index is 0.0352. The van der Waals surface area contributed by atoms with Gasteiger partial charge in [-0.25, -0.2) is 0 Å². The van der Waals surface area contributed by atoms with E-state index in [1.807, 2.05) is 31.2 Å². The van der Waals surface area contributed by atoms with Gasteiger partial charge in [-0.1, -0.05) is 55.5 Å². The summed E-state index contributed by atoms with van der Waals surface area (Å²) in [4.78, 5) is 12.3. The fourth-order valence-electron chi connectivity index (χ4n) is 2.29. The number of amides is 1. The zero-order valence-electron chi connectivity index (χ0n) is 12.8. The van der Waals surface area contributed by atoms with Crippen molar-refractivity contribution in [2.75, 3.05) is 0 Å². The van der Waals surface area contributed by atoms with E-state index in [1.54, 1.807) is 0 Å². The molecule has 2 heteroatoms. The summed E-state index contributed by atoms with van der Waals surface area (Å²) in [7, 11) is 0. The predicted molar refractivity (Wildman–Crippen MR) is 87.5 cm³/mol. The normalized spacial score (nSPS) is 11.9. The molecule has 0 spiro atoms. The monoisotopic (exact) mass is 281 g/mol. The standard InChI is InChI=1S/C19H23NO/c1-3-15(2)20-19(21)18-12-8-7-11-17(18)14-13-16-9-5-4-6-10-16/h4-12,15H,3,13-14H2,1-2H3,(H,20,21)/t15-/m1/s1. The SMILES string of the molecule is CC[C@@H](C)NC(=O)c1ccccc1CCc1ccccc1. The second-order valence-electron chi connectivity index (χ2n) is 5.43. The smallest absolute Gasteiger partial charge is 0.251 e. The van der Waals surface area contributed by atoms with Crippen LogP contribution in [-0.2, 0) is 12.8 Å². The molecule has 0 bridgehead atoms. The number of benzene rings is 2. The molecule has 0 aliphatic heterocycles. The van der Waals surface area contributed by atoms with Gasteiger partial charge in [0.2, 0.25) is 0 Å². The van der Waals surface area contributed by atoms with Gasteiger partial charge in [-0.3, -0.25) is 4.79 Å². The molecule has 21 heavy (non-hydrogen) atoms. The summed E-state index contributed by atoms with van der Waals surface area (Å²) in [5.41, 5.74) is 3.21. The van der Waals surface area contributed by atoms with E-state index in [1.165, 1.54) is 5.56 Å². The Morgan fingerprint density at radius 3 is 2.38 bits per heavy atom. The fourth-order valence-corrected chi connectivity index (χ4v) is 2.29. The van der Waals surface area contributed by atoms with Gasteiger partial charge in [0.05, 0.1) is 0 Å². The molecular formula is C19H23NO. The van der Waals surface area contributed by atoms with Crippen LogP contribution in [0.1, 0.15) is 41.8 Å². The molecule has 1 N–H and O–H groups in total. The largest absolute Gasteiger partial charge is 0.350 e. The van der Waals surface area contributed by atoms with Crippen molar-refractivity contribution in [3.05, 3.63) is 71.3 Å². The number of carbonyl (C=O) groups excluding carboxylic acids is 1. The zero-order chi connectivity index (χ0) is 15.1. The van der Waals surface area contributed by atoms with Gasteiger partial charge in [-0.2, -0.15) is 0 Å². The first-order valence-electron chi connectivity index (χ1n) is 7.63. The Labute approximate surface area is 127 Å². The Hall–Kier alpha value is -2.09. The first-order valence-corrected chi connectivity index (χ1v) is 7.63. The summed E-state index contributed by atoms with van der Waals surface area (Å²) >= 11 is 0. The van der Waals surface area contributed by atoms with Gasteiger partial charge in [0.25, 0.3) is 5.91 Å². The number of aryl methyl sites for hydroxylation is 2. The molecule has 1 amide bonds. The quantitative estimate of drug-likeness (QED) is 0.852. The topological polar surface area (TPSA) is 29.1 Å². The maximum Gasteiger partial charge on any atom is 0.251 e. The summed E-state index contributed by atoms with van der Waals surface area (Å²) in [6.07, 6.45) is 2.78. The molecule has 2 rings (SSSR count). The first kappa shape index (κ1) is 15.3. The van der Waals surface area contributed by atoms with E-state index in [9.17, 15) is 4.79 Å². The summed E-state index contributed by atoms with van der Waals surface area (Å²) in [6.45, 7) is 4.11. The molecule has 2 nitrogen and oxygen atoms in total. The van der Waals surface area contributed by atoms with Crippen LogP contribution < -0.4 is 5.32 Å². The van der Waals surface area contributed by atoms with Crippen molar-refractivity contribution in [3.8, 4) is 0 Å². The molecule has 0 radical (unpaired) electrons. The van der Waals surface area contributed by atoms with Crippen LogP contribution in [0, 0.1) is 0 Å². The molecule has 110 valence electrons. The average Bonchev–Trinajstić information content (AvgIpc) is 2.54. The molecule has 0 aliphatic rings. The maximum absolute atomic E-state index is 12.3. The minimum atomic E-state index is 0.0352. The number of hydrogen-bond donors (Lipinski definition) is 1. The Bertz CT molecular complexity index is 577. The van der Waals surface area contributed by atoms with Crippen LogP contribution in [0.4, 0.5) is 0 Å². The van der Waals surface area contributed by atoms with E-state index in [4.69, 9.17) is 0 Å². The van der Waals surface area contributed by atoms with Crippen LogP contribution in [0.2, 0.25) is 0 Å². The lowest BCUT2D eigenvalue weighted by molar-refractivity contribution is 0.0938. The second-order valence-corrected chi connectivity index (χ2v) is 5.43. The highest BCUT2D eigenvalue weighted by Gasteiger charge is 2.12. The van der Waals surface area contributed by atoms with Crippen molar-refractivity contribution in [2.45, 2.75) is 39.2 Å². The van der Waals surface area contributed by atoms with Gasteiger partial charge in [0.15, 0.2) is 0 Å². The summed E-state index contributed by atoms with van der Waals surface area (Å²) in [5, 5.41) is 3.05. The fraction of sp³-hybridized carbons (Fsp3) is 0.316. The Morgan fingerprint density at radius 1 is 1.00 bits per heavy atom. The van der Waals surface area contributed by atoms with Gasteiger partial charge in [-0.15, -0.1) is 0 Å². The lowest BCUT2D eigenvalue weighted by Crippen LogP contribution is -2.32. The van der Waals surface area contributed by atoms with E-state index >= 15 is 0 Å². The Balaban J connectivity index is 2.08. The van der Waals surface area contributed by atoms with Crippen LogP contribution in [0.5, 0.6) is 0 Å². The lowest BCUT2D eigenvalue weighted by Gasteiger charge is -2.14. The van der Waals surface area contributed by atoms with Crippen molar-refractivity contribution in [3.63, 3.8) is 0 Å². The number of rotatable bonds is 6. The number of hydrogen-bond acceptors (Lipinski definition) is 1. The number of nitrogens with one attached hydrogen (secondary N) is 1. The molecule has 1 atom stereocenters. The molecule has 0 fully saturated rings. The van der Waals surface area contributed by atoms with E-state index in [0.29, 0.717) is 0 Å². The van der Waals surface area contributed by atoms with Crippen molar-refractivity contribution < 1.29 is 4.79 Å². The third-order valence-corrected chi connectivity index (χ3v) is 3.78. The average molecular weight is 281 g/mol. The van der Waals surface area contributed by atoms with Crippen LogP contribution >= 0.6 is 0 Å². The highest BCUT2D eigenvalue weighted by molar-refractivity contribution is 5.95. The molecule has 0 aromatic heterocycles. The van der Waals surface area contributed by atoms with Gasteiger partial charge < -0.3 is 5.32 Å². The van der Waals surface area contributed by atoms with Crippen molar-refractivity contribution in [1.82, 2.24) is 5.32 Å². The molecular weight excluding hydrogens is 258 g/mol. The molecule has 0 saturated heterocycles. The molecule has 0 heterocycles. The summed E-state index contributed by atoms with van der Waals surface area (Å²) in [5.74, 6) is 0.0352. The maximum atomic E-state index is 12.3. The van der Waals surface area contributed by atoms with Crippen molar-refractivity contribution in [1.29, 1.82) is 0 Å². The Morgan fingerprint density at radius 2 is 1.67 bits per heavy atom. The lowest BCUT2D eigenvalue weighted by atomic mass is 9.99. The second kappa shape index (κ2) is 7.63. The summed E-state index contributed by atoms with van der Waals surface area (Å²) in [6, 6.07) is 18.5. The predicted octanol–water partition coefficient (Wildman–Crippen LogP) is 4.00. The van der Waals surface area contributed by atoms with E-state index < -0.39 is 0 Å². The van der Waals surface area contributed by atoms with Crippen LogP contribution in [0.25, 0.3) is 0 Å². The van der Waals surface area contributed by atoms with Crippen LogP contribution in [0.3, 0.4) is 0 Å². The van der Waals surface area contributed by atoms with Gasteiger partial charge in [0.1, 0.15) is 0 Å². The molecule has 0 saturated carbocycles. The van der Waals surface area contributed by atoms with E-state index in [0.717, 1.165) is 30.4 Å². The highest BCUT2D eigenvalue weighted by atomic mass is 16.1. The number of carbonyl (C=O) groups is 1. The zero-order valence-corrected chi connectivity index (χ0v) is 12.8. The van der Waals surface area contributed by atoms with Crippen LogP contribution in [0.15, 0.2) is 54.6 Å². The first-order chi connectivity index (χ1) is 10.2. The molecule has 2 aromatic rings. The van der Waals surface area contributed by atoms with E-state index in [-0.39, 0.29) is 11.9 Å². The van der Waals surface area contributed by atoms with Gasteiger partial charge in [0, 0.05) is 11.6 Å².